The zero-order chi connectivity index (χ0) is 27.2. The second kappa shape index (κ2) is 8.89. The molecule has 0 unspecified atom stereocenters. The number of pyridine rings is 1. The van der Waals surface area contributed by atoms with Crippen molar-refractivity contribution in [1.29, 1.82) is 0 Å². The van der Waals surface area contributed by atoms with E-state index in [1.807, 2.05) is 24.2 Å². The third-order valence-electron chi connectivity index (χ3n) is 6.05. The number of carbonyl (C=O) groups is 2. The molecule has 2 aliphatic rings. The van der Waals surface area contributed by atoms with E-state index in [1.54, 1.807) is 6.07 Å². The van der Waals surface area contributed by atoms with Crippen molar-refractivity contribution >= 4 is 34.8 Å². The zero-order valence-corrected chi connectivity index (χ0v) is 19.0. The Hall–Kier alpha value is -4.16. The van der Waals surface area contributed by atoms with Crippen LogP contribution in [-0.2, 0) is 11.3 Å². The second-order valence-electron chi connectivity index (χ2n) is 8.40. The van der Waals surface area contributed by atoms with E-state index in [0.29, 0.717) is 28.5 Å². The summed E-state index contributed by atoms with van der Waals surface area (Å²) in [6.07, 6.45) is 3.10. The number of carbonyl (C=O) groups excluding carboxylic acids is 2. The van der Waals surface area contributed by atoms with E-state index in [0.717, 1.165) is 12.8 Å². The van der Waals surface area contributed by atoms with Crippen LogP contribution in [0.2, 0.25) is 0 Å². The molecule has 0 aromatic carbocycles. The van der Waals surface area contributed by atoms with Gasteiger partial charge in [0.15, 0.2) is 17.3 Å². The molecule has 3 N–H and O–H groups in total. The van der Waals surface area contributed by atoms with Crippen LogP contribution in [0.4, 0.5) is 27.4 Å². The molecule has 12 nitrogen and oxygen atoms in total. The molecule has 4 heterocycles. The van der Waals surface area contributed by atoms with Gasteiger partial charge in [-0.05, 0) is 25.8 Å². The summed E-state index contributed by atoms with van der Waals surface area (Å²) in [4.78, 5) is 32.7. The number of aryl methyl sites for hydroxylation is 1. The number of halogens is 1. The van der Waals surface area contributed by atoms with Gasteiger partial charge in [-0.2, -0.15) is 15.0 Å². The molecule has 0 spiro atoms. The summed E-state index contributed by atoms with van der Waals surface area (Å²) in [7, 11) is 1.84. The number of hydrogen-bond donors (Lipinski definition) is 3. The fourth-order valence-electron chi connectivity index (χ4n) is 3.96. The number of aromatic nitrogens is 6. The Labute approximate surface area is 204 Å². The summed E-state index contributed by atoms with van der Waals surface area (Å²) in [5.41, 5.74) is 2.35. The molecule has 1 aliphatic carbocycles. The molecule has 1 saturated carbocycles. The van der Waals surface area contributed by atoms with Crippen molar-refractivity contribution in [1.82, 2.24) is 35.5 Å². The van der Waals surface area contributed by atoms with Crippen LogP contribution >= 0.6 is 0 Å². The zero-order valence-electron chi connectivity index (χ0n) is 22.0. The first-order valence-electron chi connectivity index (χ1n) is 12.6. The standard InChI is InChI=1S/C22H25FN10O2/c1-11-16-17(31-33(30-16)9-7-23)13-6-8-25-20(19(13)32(11)3)26-14-10-15(27-21(34)12-4-5-12)28-29-18(14)22(35)24-2/h6,8,10-12H,4-5,7,9H2,1-3H3,(H,24,35)(H2,25,26,27,28,34)/t11-/m1/s1/i2D3. The normalized spacial score (nSPS) is 18.0. The number of alkyl halides is 1. The largest absolute Gasteiger partial charge is 0.363 e. The lowest BCUT2D eigenvalue weighted by molar-refractivity contribution is -0.117. The van der Waals surface area contributed by atoms with Crippen LogP contribution < -0.4 is 20.9 Å². The van der Waals surface area contributed by atoms with Gasteiger partial charge < -0.3 is 20.9 Å². The first-order valence-corrected chi connectivity index (χ1v) is 11.1. The molecule has 3 aromatic heterocycles. The molecule has 1 fully saturated rings. The monoisotopic (exact) mass is 483 g/mol. The highest BCUT2D eigenvalue weighted by atomic mass is 19.1. The smallest absolute Gasteiger partial charge is 0.273 e. The second-order valence-corrected chi connectivity index (χ2v) is 8.40. The Morgan fingerprint density at radius 1 is 1.29 bits per heavy atom. The van der Waals surface area contributed by atoms with E-state index in [2.05, 4.69) is 36.0 Å². The van der Waals surface area contributed by atoms with Crippen LogP contribution in [-0.4, -0.2) is 62.7 Å². The van der Waals surface area contributed by atoms with Gasteiger partial charge in [0.25, 0.3) is 5.91 Å². The van der Waals surface area contributed by atoms with Crippen molar-refractivity contribution in [3.63, 3.8) is 0 Å². The Bertz CT molecular complexity index is 1410. The number of nitrogens with one attached hydrogen (secondary N) is 3. The van der Waals surface area contributed by atoms with Crippen LogP contribution in [0.25, 0.3) is 11.3 Å². The maximum atomic E-state index is 12.9. The summed E-state index contributed by atoms with van der Waals surface area (Å²) < 4.78 is 35.1. The van der Waals surface area contributed by atoms with E-state index in [1.165, 1.54) is 17.1 Å². The summed E-state index contributed by atoms with van der Waals surface area (Å²) in [6.45, 7) is -1.42. The van der Waals surface area contributed by atoms with E-state index >= 15 is 0 Å². The predicted octanol–water partition coefficient (Wildman–Crippen LogP) is 2.06. The van der Waals surface area contributed by atoms with Crippen molar-refractivity contribution in [3.8, 4) is 11.3 Å². The highest BCUT2D eigenvalue weighted by Gasteiger charge is 2.33. The molecule has 182 valence electrons. The van der Waals surface area contributed by atoms with E-state index in [-0.39, 0.29) is 41.6 Å². The minimum Gasteiger partial charge on any atom is -0.363 e. The summed E-state index contributed by atoms with van der Waals surface area (Å²) in [5, 5.41) is 24.3. The lowest BCUT2D eigenvalue weighted by Gasteiger charge is -2.33. The first kappa shape index (κ1) is 19.2. The lowest BCUT2D eigenvalue weighted by Crippen LogP contribution is -2.28. The average Bonchev–Trinajstić information content (AvgIpc) is 3.62. The van der Waals surface area contributed by atoms with Gasteiger partial charge in [-0.15, -0.1) is 10.2 Å². The number of nitrogens with zero attached hydrogens (tertiary/aromatic N) is 7. The van der Waals surface area contributed by atoms with Gasteiger partial charge in [-0.1, -0.05) is 0 Å². The molecule has 13 heteroatoms. The fourth-order valence-corrected chi connectivity index (χ4v) is 3.96. The lowest BCUT2D eigenvalue weighted by atomic mass is 9.99. The van der Waals surface area contributed by atoms with Crippen molar-refractivity contribution in [3.05, 3.63) is 29.7 Å². The Balaban J connectivity index is 1.56. The fraction of sp³-hybridized carbons (Fsp3) is 0.409. The van der Waals surface area contributed by atoms with Gasteiger partial charge >= 0.3 is 0 Å². The number of rotatable bonds is 7. The highest BCUT2D eigenvalue weighted by Crippen LogP contribution is 2.45. The third kappa shape index (κ3) is 4.13. The summed E-state index contributed by atoms with van der Waals surface area (Å²) in [5.74, 6) is -0.874. The molecule has 1 aliphatic heterocycles. The number of amides is 2. The maximum absolute atomic E-state index is 12.9. The van der Waals surface area contributed by atoms with Crippen molar-refractivity contribution in [2.24, 2.45) is 5.92 Å². The van der Waals surface area contributed by atoms with Crippen LogP contribution in [0.3, 0.4) is 0 Å². The SMILES string of the molecule is [2H]C([2H])([2H])NC(=O)c1nnc(NC(=O)C2CC2)cc1Nc1nccc2c1N(C)[C@H](C)c1nn(CCF)nc1-2. The molecule has 5 rings (SSSR count). The molecule has 0 saturated heterocycles. The van der Waals surface area contributed by atoms with Gasteiger partial charge in [-0.25, -0.2) is 9.37 Å². The van der Waals surface area contributed by atoms with Crippen molar-refractivity contribution in [2.75, 3.05) is 36.2 Å². The van der Waals surface area contributed by atoms with Gasteiger partial charge in [0.1, 0.15) is 18.1 Å². The topological polar surface area (TPSA) is 143 Å². The molecular weight excluding hydrogens is 455 g/mol. The molecule has 0 bridgehead atoms. The predicted molar refractivity (Wildman–Crippen MR) is 126 cm³/mol. The molecule has 1 atom stereocenters. The summed E-state index contributed by atoms with van der Waals surface area (Å²) in [6, 6.07) is 2.92. The van der Waals surface area contributed by atoms with Gasteiger partial charge in [-0.3, -0.25) is 9.59 Å². The molecular formula is C22H25FN10O2. The molecule has 3 aromatic rings. The summed E-state index contributed by atoms with van der Waals surface area (Å²) >= 11 is 0. The van der Waals surface area contributed by atoms with Crippen LogP contribution in [0, 0.1) is 5.92 Å². The third-order valence-corrected chi connectivity index (χ3v) is 6.05. The molecule has 35 heavy (non-hydrogen) atoms. The van der Waals surface area contributed by atoms with Gasteiger partial charge in [0.05, 0.1) is 24.0 Å². The highest BCUT2D eigenvalue weighted by molar-refractivity contribution is 6.00. The quantitative estimate of drug-likeness (QED) is 0.460. The van der Waals surface area contributed by atoms with Gasteiger partial charge in [0, 0.05) is 41.9 Å². The molecule has 0 radical (unpaired) electrons. The van der Waals surface area contributed by atoms with Crippen LogP contribution in [0.15, 0.2) is 18.3 Å². The maximum Gasteiger partial charge on any atom is 0.273 e. The van der Waals surface area contributed by atoms with Crippen LogP contribution in [0.5, 0.6) is 0 Å². The van der Waals surface area contributed by atoms with Crippen molar-refractivity contribution < 1.29 is 18.1 Å². The number of anilines is 4. The average molecular weight is 484 g/mol. The molecule has 2 amide bonds. The van der Waals surface area contributed by atoms with Crippen LogP contribution in [0.1, 0.15) is 46.1 Å². The minimum absolute atomic E-state index is 0.0228. The Morgan fingerprint density at radius 3 is 2.86 bits per heavy atom. The Kier molecular flexibility index (Phi) is 4.87. The minimum atomic E-state index is -2.75. The Morgan fingerprint density at radius 2 is 2.11 bits per heavy atom. The first-order chi connectivity index (χ1) is 18.1. The van der Waals surface area contributed by atoms with E-state index in [4.69, 9.17) is 4.11 Å². The van der Waals surface area contributed by atoms with Gasteiger partial charge in [0.2, 0.25) is 5.91 Å². The van der Waals surface area contributed by atoms with E-state index in [9.17, 15) is 14.0 Å². The number of hydrogen-bond acceptors (Lipinski definition) is 9. The van der Waals surface area contributed by atoms with Crippen molar-refractivity contribution in [2.45, 2.75) is 32.4 Å². The van der Waals surface area contributed by atoms with E-state index < -0.39 is 19.6 Å². The number of fused-ring (bicyclic) bond motifs is 3.